The summed E-state index contributed by atoms with van der Waals surface area (Å²) >= 11 is 1.31. The van der Waals surface area contributed by atoms with Gasteiger partial charge in [-0.15, -0.1) is 10.2 Å². The number of methoxy groups -OCH3 is 1. The van der Waals surface area contributed by atoms with Crippen molar-refractivity contribution in [1.82, 2.24) is 20.2 Å². The van der Waals surface area contributed by atoms with Crippen molar-refractivity contribution in [2.45, 2.75) is 19.0 Å². The molecule has 5 rings (SSSR count). The number of amides is 1. The van der Waals surface area contributed by atoms with Gasteiger partial charge in [-0.2, -0.15) is 5.10 Å². The van der Waals surface area contributed by atoms with Gasteiger partial charge in [0.05, 0.1) is 18.6 Å². The van der Waals surface area contributed by atoms with E-state index >= 15 is 0 Å². The Balaban J connectivity index is 1.35. The molecule has 0 aliphatic heterocycles. The lowest BCUT2D eigenvalue weighted by molar-refractivity contribution is -0.118. The van der Waals surface area contributed by atoms with Crippen molar-refractivity contribution in [3.05, 3.63) is 102 Å². The van der Waals surface area contributed by atoms with Gasteiger partial charge in [-0.3, -0.25) is 9.36 Å². The smallest absolute Gasteiger partial charge is 0.250 e. The maximum Gasteiger partial charge on any atom is 0.250 e. The number of carbonyl (C=O) groups excluding carboxylic acids is 1. The summed E-state index contributed by atoms with van der Waals surface area (Å²) in [6.45, 7) is 3.94. The Morgan fingerprint density at radius 3 is 2.45 bits per heavy atom. The highest BCUT2D eigenvalue weighted by Gasteiger charge is 2.17. The van der Waals surface area contributed by atoms with E-state index in [0.29, 0.717) is 11.0 Å². The number of hydrogen-bond acceptors (Lipinski definition) is 6. The molecule has 1 amide bonds. The summed E-state index contributed by atoms with van der Waals surface area (Å²) in [7, 11) is 1.63. The van der Waals surface area contributed by atoms with Crippen LogP contribution < -0.4 is 10.2 Å². The number of benzene rings is 4. The largest absolute Gasteiger partial charge is 0.497 e. The number of aromatic nitrogens is 3. The zero-order chi connectivity index (χ0) is 26.5. The summed E-state index contributed by atoms with van der Waals surface area (Å²) in [6.07, 6.45) is 0. The molecule has 1 N–H and O–H groups in total. The first-order chi connectivity index (χ1) is 18.5. The van der Waals surface area contributed by atoms with Crippen LogP contribution in [0.15, 0.2) is 101 Å². The number of hydrazone groups is 1. The average molecular weight is 522 g/mol. The summed E-state index contributed by atoms with van der Waals surface area (Å²) in [5.41, 5.74) is 7.38. The number of carbonyl (C=O) groups is 1. The van der Waals surface area contributed by atoms with Crippen LogP contribution in [0.4, 0.5) is 0 Å². The molecule has 0 spiro atoms. The molecule has 0 unspecified atom stereocenters. The number of hydrogen-bond donors (Lipinski definition) is 1. The zero-order valence-electron chi connectivity index (χ0n) is 21.4. The maximum atomic E-state index is 12.7. The minimum Gasteiger partial charge on any atom is -0.497 e. The van der Waals surface area contributed by atoms with Crippen molar-refractivity contribution in [1.29, 1.82) is 0 Å². The van der Waals surface area contributed by atoms with Gasteiger partial charge in [-0.25, -0.2) is 5.43 Å². The standard InChI is InChI=1S/C30H27N5O2S/c1-20-11-13-23(14-12-20)29-33-34-30(35(29)24-15-17-25(37-3)18-16-24)38-19-28(36)32-31-21(2)26-10-6-8-22-7-4-5-9-27(22)26/h4-18H,19H2,1-3H3,(H,32,36). The summed E-state index contributed by atoms with van der Waals surface area (Å²) < 4.78 is 7.27. The Labute approximate surface area is 225 Å². The Morgan fingerprint density at radius 1 is 0.947 bits per heavy atom. The fourth-order valence-electron chi connectivity index (χ4n) is 4.13. The minimum atomic E-state index is -0.226. The normalized spacial score (nSPS) is 11.5. The van der Waals surface area contributed by atoms with Crippen molar-refractivity contribution in [2.24, 2.45) is 5.10 Å². The highest BCUT2D eigenvalue weighted by molar-refractivity contribution is 7.99. The van der Waals surface area contributed by atoms with Crippen LogP contribution in [0.3, 0.4) is 0 Å². The predicted octanol–water partition coefficient (Wildman–Crippen LogP) is 6.04. The number of ether oxygens (including phenoxy) is 1. The van der Waals surface area contributed by atoms with E-state index in [-0.39, 0.29) is 11.7 Å². The Morgan fingerprint density at radius 2 is 1.68 bits per heavy atom. The molecule has 5 aromatic rings. The SMILES string of the molecule is COc1ccc(-n2c(SCC(=O)NN=C(C)c3cccc4ccccc34)nnc2-c2ccc(C)cc2)cc1. The Hall–Kier alpha value is -4.43. The van der Waals surface area contributed by atoms with Crippen LogP contribution in [0.5, 0.6) is 5.75 Å². The second-order valence-electron chi connectivity index (χ2n) is 8.75. The van der Waals surface area contributed by atoms with Gasteiger partial charge in [0.15, 0.2) is 11.0 Å². The first-order valence-corrected chi connectivity index (χ1v) is 13.1. The first-order valence-electron chi connectivity index (χ1n) is 12.1. The molecule has 0 saturated heterocycles. The molecule has 0 bridgehead atoms. The molecule has 8 heteroatoms. The fraction of sp³-hybridized carbons (Fsp3) is 0.133. The van der Waals surface area contributed by atoms with E-state index < -0.39 is 0 Å². The molecule has 1 aromatic heterocycles. The lowest BCUT2D eigenvalue weighted by atomic mass is 10.0. The third kappa shape index (κ3) is 5.45. The van der Waals surface area contributed by atoms with Crippen LogP contribution in [0.25, 0.3) is 27.8 Å². The molecular weight excluding hydrogens is 494 g/mol. The second-order valence-corrected chi connectivity index (χ2v) is 9.70. The van der Waals surface area contributed by atoms with Crippen LogP contribution in [-0.4, -0.2) is 39.2 Å². The average Bonchev–Trinajstić information content (AvgIpc) is 3.38. The number of fused-ring (bicyclic) bond motifs is 1. The number of rotatable bonds is 8. The van der Waals surface area contributed by atoms with Crippen molar-refractivity contribution < 1.29 is 9.53 Å². The zero-order valence-corrected chi connectivity index (χ0v) is 22.2. The van der Waals surface area contributed by atoms with Crippen LogP contribution in [0, 0.1) is 6.92 Å². The first kappa shape index (κ1) is 25.2. The summed E-state index contributed by atoms with van der Waals surface area (Å²) in [6, 6.07) is 30.0. The van der Waals surface area contributed by atoms with Gasteiger partial charge < -0.3 is 4.74 Å². The summed E-state index contributed by atoms with van der Waals surface area (Å²) in [5.74, 6) is 1.36. The van der Waals surface area contributed by atoms with E-state index in [0.717, 1.165) is 44.6 Å². The van der Waals surface area contributed by atoms with Crippen molar-refractivity contribution in [3.63, 3.8) is 0 Å². The molecule has 0 aliphatic rings. The quantitative estimate of drug-likeness (QED) is 0.153. The number of nitrogens with one attached hydrogen (secondary N) is 1. The molecule has 38 heavy (non-hydrogen) atoms. The van der Waals surface area contributed by atoms with E-state index in [9.17, 15) is 4.79 Å². The predicted molar refractivity (Wildman–Crippen MR) is 153 cm³/mol. The lowest BCUT2D eigenvalue weighted by Crippen LogP contribution is -2.21. The molecule has 0 saturated carbocycles. The van der Waals surface area contributed by atoms with Crippen LogP contribution in [-0.2, 0) is 4.79 Å². The molecule has 0 radical (unpaired) electrons. The van der Waals surface area contributed by atoms with Gasteiger partial charge in [-0.05, 0) is 48.9 Å². The lowest BCUT2D eigenvalue weighted by Gasteiger charge is -2.11. The van der Waals surface area contributed by atoms with E-state index in [2.05, 4.69) is 38.9 Å². The van der Waals surface area contributed by atoms with E-state index in [4.69, 9.17) is 4.74 Å². The van der Waals surface area contributed by atoms with Gasteiger partial charge in [0.25, 0.3) is 5.91 Å². The minimum absolute atomic E-state index is 0.133. The Bertz CT molecular complexity index is 1600. The van der Waals surface area contributed by atoms with Crippen molar-refractivity contribution in [2.75, 3.05) is 12.9 Å². The van der Waals surface area contributed by atoms with Gasteiger partial charge in [0.2, 0.25) is 0 Å². The van der Waals surface area contributed by atoms with E-state index in [1.165, 1.54) is 11.8 Å². The highest BCUT2D eigenvalue weighted by atomic mass is 32.2. The second kappa shape index (κ2) is 11.3. The molecule has 190 valence electrons. The van der Waals surface area contributed by atoms with Crippen LogP contribution >= 0.6 is 11.8 Å². The number of thioether (sulfide) groups is 1. The third-order valence-electron chi connectivity index (χ3n) is 6.13. The molecule has 4 aromatic carbocycles. The maximum absolute atomic E-state index is 12.7. The van der Waals surface area contributed by atoms with Gasteiger partial charge in [0.1, 0.15) is 5.75 Å². The molecule has 7 nitrogen and oxygen atoms in total. The van der Waals surface area contributed by atoms with E-state index in [1.807, 2.05) is 91.2 Å². The molecule has 1 heterocycles. The van der Waals surface area contributed by atoms with Crippen LogP contribution in [0.2, 0.25) is 0 Å². The number of nitrogens with zero attached hydrogens (tertiary/aromatic N) is 4. The molecule has 0 fully saturated rings. The Kier molecular flexibility index (Phi) is 7.51. The number of aryl methyl sites for hydroxylation is 1. The van der Waals surface area contributed by atoms with Gasteiger partial charge in [0, 0.05) is 16.8 Å². The van der Waals surface area contributed by atoms with E-state index in [1.54, 1.807) is 7.11 Å². The topological polar surface area (TPSA) is 81.4 Å². The molecular formula is C30H27N5O2S. The highest BCUT2D eigenvalue weighted by Crippen LogP contribution is 2.29. The monoisotopic (exact) mass is 521 g/mol. The van der Waals surface area contributed by atoms with Crippen molar-refractivity contribution >= 4 is 34.2 Å². The molecule has 0 atom stereocenters. The molecule has 0 aliphatic carbocycles. The third-order valence-corrected chi connectivity index (χ3v) is 7.06. The van der Waals surface area contributed by atoms with Gasteiger partial charge >= 0.3 is 0 Å². The summed E-state index contributed by atoms with van der Waals surface area (Å²) in [4.78, 5) is 12.7. The van der Waals surface area contributed by atoms with Gasteiger partial charge in [-0.1, -0.05) is 84.1 Å². The van der Waals surface area contributed by atoms with Crippen molar-refractivity contribution in [3.8, 4) is 22.8 Å². The summed E-state index contributed by atoms with van der Waals surface area (Å²) in [5, 5.41) is 16.1. The fourth-order valence-corrected chi connectivity index (χ4v) is 4.87. The van der Waals surface area contributed by atoms with Crippen LogP contribution in [0.1, 0.15) is 18.1 Å².